The molecule has 4 heteroatoms. The first-order valence-corrected chi connectivity index (χ1v) is 8.68. The van der Waals surface area contributed by atoms with Crippen molar-refractivity contribution in [2.45, 2.75) is 29.5 Å². The monoisotopic (exact) mass is 314 g/mol. The van der Waals surface area contributed by atoms with Crippen molar-refractivity contribution in [3.63, 3.8) is 0 Å². The number of nitrogens with zero attached hydrogens (tertiary/aromatic N) is 1. The summed E-state index contributed by atoms with van der Waals surface area (Å²) in [4.78, 5) is 4.72. The van der Waals surface area contributed by atoms with E-state index in [1.165, 1.54) is 15.8 Å². The van der Waals surface area contributed by atoms with Gasteiger partial charge in [0.15, 0.2) is 4.34 Å². The van der Waals surface area contributed by atoms with E-state index in [1.54, 1.807) is 23.1 Å². The topological polar surface area (TPSA) is 38.9 Å². The number of aromatic nitrogens is 1. The molecular formula is C17H18N2S2. The van der Waals surface area contributed by atoms with Gasteiger partial charge in [-0.15, -0.1) is 11.3 Å². The van der Waals surface area contributed by atoms with Crippen LogP contribution >= 0.6 is 23.1 Å². The number of fused-ring (bicyclic) bond motifs is 1. The normalized spacial score (nSPS) is 14.2. The maximum absolute atomic E-state index is 6.24. The number of rotatable bonds is 4. The van der Waals surface area contributed by atoms with Crippen LogP contribution < -0.4 is 5.73 Å². The summed E-state index contributed by atoms with van der Waals surface area (Å²) in [5.41, 5.74) is 9.89. The smallest absolute Gasteiger partial charge is 0.151 e. The van der Waals surface area contributed by atoms with E-state index in [4.69, 9.17) is 10.7 Å². The van der Waals surface area contributed by atoms with Gasteiger partial charge in [0.25, 0.3) is 0 Å². The number of thiazole rings is 1. The Morgan fingerprint density at radius 3 is 2.52 bits per heavy atom. The molecule has 0 aliphatic heterocycles. The maximum Gasteiger partial charge on any atom is 0.151 e. The molecule has 0 aliphatic carbocycles. The van der Waals surface area contributed by atoms with Gasteiger partial charge in [0.1, 0.15) is 0 Å². The van der Waals surface area contributed by atoms with Gasteiger partial charge in [-0.05, 0) is 37.1 Å². The number of aryl methyl sites for hydroxylation is 1. The van der Waals surface area contributed by atoms with Crippen molar-refractivity contribution in [1.82, 2.24) is 4.98 Å². The molecule has 0 bridgehead atoms. The molecule has 0 saturated carbocycles. The second kappa shape index (κ2) is 6.18. The summed E-state index contributed by atoms with van der Waals surface area (Å²) < 4.78 is 2.31. The summed E-state index contributed by atoms with van der Waals surface area (Å²) in [7, 11) is 0. The van der Waals surface area contributed by atoms with Crippen LogP contribution in [0.4, 0.5) is 0 Å². The van der Waals surface area contributed by atoms with Crippen LogP contribution in [0.5, 0.6) is 0 Å². The number of thioether (sulfide) groups is 1. The third kappa shape index (κ3) is 3.12. The van der Waals surface area contributed by atoms with E-state index < -0.39 is 0 Å². The van der Waals surface area contributed by atoms with Crippen molar-refractivity contribution in [2.24, 2.45) is 5.73 Å². The predicted octanol–water partition coefficient (Wildman–Crippen LogP) is 4.79. The lowest BCUT2D eigenvalue weighted by Gasteiger charge is -2.21. The molecule has 0 spiro atoms. The Morgan fingerprint density at radius 2 is 1.81 bits per heavy atom. The molecule has 1 aromatic heterocycles. The summed E-state index contributed by atoms with van der Waals surface area (Å²) in [6.07, 6.45) is 0. The molecule has 21 heavy (non-hydrogen) atoms. The fraction of sp³-hybridized carbons (Fsp3) is 0.235. The van der Waals surface area contributed by atoms with E-state index in [9.17, 15) is 0 Å². The first-order chi connectivity index (χ1) is 10.1. The van der Waals surface area contributed by atoms with E-state index in [2.05, 4.69) is 56.3 Å². The molecule has 108 valence electrons. The minimum Gasteiger partial charge on any atom is -0.327 e. The zero-order valence-electron chi connectivity index (χ0n) is 12.1. The molecule has 2 nitrogen and oxygen atoms in total. The summed E-state index contributed by atoms with van der Waals surface area (Å²) in [5, 5.41) is 0.228. The average molecular weight is 314 g/mol. The summed E-state index contributed by atoms with van der Waals surface area (Å²) in [6.45, 7) is 4.21. The van der Waals surface area contributed by atoms with Crippen molar-refractivity contribution in [3.8, 4) is 0 Å². The third-order valence-corrected chi connectivity index (χ3v) is 6.07. The molecule has 2 unspecified atom stereocenters. The Bertz CT molecular complexity index is 716. The Morgan fingerprint density at radius 1 is 1.10 bits per heavy atom. The fourth-order valence-electron chi connectivity index (χ4n) is 2.37. The molecular weight excluding hydrogens is 296 g/mol. The summed E-state index contributed by atoms with van der Waals surface area (Å²) in [6, 6.07) is 16.8. The van der Waals surface area contributed by atoms with Crippen molar-refractivity contribution in [3.05, 3.63) is 59.7 Å². The van der Waals surface area contributed by atoms with Gasteiger partial charge in [-0.25, -0.2) is 4.98 Å². The van der Waals surface area contributed by atoms with E-state index in [-0.39, 0.29) is 11.3 Å². The lowest BCUT2D eigenvalue weighted by molar-refractivity contribution is 0.718. The van der Waals surface area contributed by atoms with Crippen LogP contribution in [0.25, 0.3) is 10.2 Å². The van der Waals surface area contributed by atoms with Crippen LogP contribution in [0.15, 0.2) is 52.9 Å². The first kappa shape index (κ1) is 14.6. The highest BCUT2D eigenvalue weighted by molar-refractivity contribution is 8.01. The van der Waals surface area contributed by atoms with E-state index in [0.29, 0.717) is 0 Å². The highest BCUT2D eigenvalue weighted by atomic mass is 32.2. The number of hydrogen-bond donors (Lipinski definition) is 1. The summed E-state index contributed by atoms with van der Waals surface area (Å²) in [5.74, 6) is 0. The molecule has 0 aliphatic rings. The van der Waals surface area contributed by atoms with Crippen LogP contribution in [-0.2, 0) is 0 Å². The van der Waals surface area contributed by atoms with E-state index >= 15 is 0 Å². The van der Waals surface area contributed by atoms with E-state index in [0.717, 1.165) is 9.86 Å². The van der Waals surface area contributed by atoms with Crippen LogP contribution in [0.2, 0.25) is 0 Å². The largest absolute Gasteiger partial charge is 0.327 e. The lowest BCUT2D eigenvalue weighted by atomic mass is 10.0. The summed E-state index contributed by atoms with van der Waals surface area (Å²) >= 11 is 3.51. The molecule has 3 aromatic rings. The van der Waals surface area contributed by atoms with Crippen LogP contribution in [0, 0.1) is 6.92 Å². The highest BCUT2D eigenvalue weighted by Gasteiger charge is 2.21. The molecule has 2 aromatic carbocycles. The highest BCUT2D eigenvalue weighted by Crippen LogP contribution is 2.41. The van der Waals surface area contributed by atoms with Crippen molar-refractivity contribution < 1.29 is 0 Å². The van der Waals surface area contributed by atoms with Crippen LogP contribution in [-0.4, -0.2) is 11.0 Å². The molecule has 0 fully saturated rings. The standard InChI is InChI=1S/C17H18N2S2/c1-11-7-3-4-8-13(11)16(12(2)18)21-17-19-14-9-5-6-10-15(14)20-17/h3-10,12,16H,18H2,1-2H3. The van der Waals surface area contributed by atoms with Gasteiger partial charge in [-0.2, -0.15) is 0 Å². The minimum absolute atomic E-state index is 0.0723. The van der Waals surface area contributed by atoms with Gasteiger partial charge in [-0.1, -0.05) is 48.2 Å². The number of para-hydroxylation sites is 1. The number of hydrogen-bond acceptors (Lipinski definition) is 4. The van der Waals surface area contributed by atoms with Gasteiger partial charge in [0.05, 0.1) is 15.5 Å². The molecule has 1 heterocycles. The van der Waals surface area contributed by atoms with Crippen LogP contribution in [0.3, 0.4) is 0 Å². The van der Waals surface area contributed by atoms with Gasteiger partial charge < -0.3 is 5.73 Å². The second-order valence-electron chi connectivity index (χ2n) is 5.20. The third-order valence-electron chi connectivity index (χ3n) is 3.47. The molecule has 0 saturated heterocycles. The Kier molecular flexibility index (Phi) is 4.29. The number of benzene rings is 2. The Hall–Kier alpha value is -1.36. The molecule has 3 rings (SSSR count). The lowest BCUT2D eigenvalue weighted by Crippen LogP contribution is -2.23. The van der Waals surface area contributed by atoms with E-state index in [1.807, 2.05) is 6.07 Å². The van der Waals surface area contributed by atoms with Crippen LogP contribution in [0.1, 0.15) is 23.3 Å². The Labute approximate surface area is 133 Å². The molecule has 2 atom stereocenters. The van der Waals surface area contributed by atoms with Gasteiger partial charge in [0, 0.05) is 6.04 Å². The van der Waals surface area contributed by atoms with Gasteiger partial charge >= 0.3 is 0 Å². The average Bonchev–Trinajstić information content (AvgIpc) is 2.88. The molecule has 2 N–H and O–H groups in total. The quantitative estimate of drug-likeness (QED) is 0.704. The van der Waals surface area contributed by atoms with Crippen molar-refractivity contribution in [1.29, 1.82) is 0 Å². The fourth-order valence-corrected chi connectivity index (χ4v) is 4.81. The van der Waals surface area contributed by atoms with Gasteiger partial charge in [0.2, 0.25) is 0 Å². The molecule has 0 amide bonds. The zero-order chi connectivity index (χ0) is 14.8. The minimum atomic E-state index is 0.0723. The van der Waals surface area contributed by atoms with Crippen molar-refractivity contribution in [2.75, 3.05) is 0 Å². The van der Waals surface area contributed by atoms with Gasteiger partial charge in [-0.3, -0.25) is 0 Å². The number of nitrogens with two attached hydrogens (primary N) is 1. The maximum atomic E-state index is 6.24. The Balaban J connectivity index is 1.94. The predicted molar refractivity (Wildman–Crippen MR) is 93.0 cm³/mol. The molecule has 0 radical (unpaired) electrons. The second-order valence-corrected chi connectivity index (χ2v) is 7.62. The first-order valence-electron chi connectivity index (χ1n) is 6.98. The zero-order valence-corrected chi connectivity index (χ0v) is 13.7. The SMILES string of the molecule is Cc1ccccc1C(Sc1nc2ccccc2s1)C(C)N. The van der Waals surface area contributed by atoms with Crippen molar-refractivity contribution >= 4 is 33.3 Å².